The van der Waals surface area contributed by atoms with Crippen molar-refractivity contribution in [2.75, 3.05) is 5.32 Å². The highest BCUT2D eigenvalue weighted by Gasteiger charge is 2.16. The van der Waals surface area contributed by atoms with Gasteiger partial charge in [0.05, 0.1) is 5.02 Å². The van der Waals surface area contributed by atoms with Crippen LogP contribution in [0.1, 0.15) is 6.92 Å². The van der Waals surface area contributed by atoms with Gasteiger partial charge >= 0.3 is 0 Å². The van der Waals surface area contributed by atoms with Crippen LogP contribution in [-0.2, 0) is 4.79 Å². The predicted octanol–water partition coefficient (Wildman–Crippen LogP) is 4.90. The van der Waals surface area contributed by atoms with Crippen molar-refractivity contribution in [3.8, 4) is 5.75 Å². The van der Waals surface area contributed by atoms with E-state index in [-0.39, 0.29) is 5.91 Å². The molecule has 0 aliphatic carbocycles. The number of benzene rings is 3. The first-order chi connectivity index (χ1) is 11.1. The second kappa shape index (κ2) is 6.71. The van der Waals surface area contributed by atoms with Crippen LogP contribution in [0.4, 0.5) is 5.69 Å². The number of hydrogen-bond acceptors (Lipinski definition) is 2. The summed E-state index contributed by atoms with van der Waals surface area (Å²) in [5.41, 5.74) is 0.739. The minimum Gasteiger partial charge on any atom is -0.479 e. The molecule has 0 unspecified atom stereocenters. The van der Waals surface area contributed by atoms with Crippen LogP contribution in [0.25, 0.3) is 10.8 Å². The normalized spacial score (nSPS) is 11.9. The maximum Gasteiger partial charge on any atom is 0.265 e. The SMILES string of the molecule is C[C@H](Oc1ccccc1Cl)C(=O)Nc1ccc2ccccc2c1. The molecule has 0 aliphatic rings. The third-order valence-corrected chi connectivity index (χ3v) is 3.84. The summed E-state index contributed by atoms with van der Waals surface area (Å²) in [4.78, 5) is 12.3. The fourth-order valence-electron chi connectivity index (χ4n) is 2.30. The lowest BCUT2D eigenvalue weighted by atomic mass is 10.1. The maximum atomic E-state index is 12.3. The van der Waals surface area contributed by atoms with Gasteiger partial charge < -0.3 is 10.1 Å². The van der Waals surface area contributed by atoms with E-state index in [0.717, 1.165) is 16.5 Å². The van der Waals surface area contributed by atoms with E-state index in [4.69, 9.17) is 16.3 Å². The van der Waals surface area contributed by atoms with Crippen molar-refractivity contribution in [1.82, 2.24) is 0 Å². The first-order valence-electron chi connectivity index (χ1n) is 7.34. The zero-order valence-electron chi connectivity index (χ0n) is 12.6. The lowest BCUT2D eigenvalue weighted by Gasteiger charge is -2.15. The highest BCUT2D eigenvalue weighted by atomic mass is 35.5. The van der Waals surface area contributed by atoms with Gasteiger partial charge in [0.15, 0.2) is 6.10 Å². The molecule has 0 fully saturated rings. The average molecular weight is 326 g/mol. The summed E-state index contributed by atoms with van der Waals surface area (Å²) in [5, 5.41) is 5.56. The number of carbonyl (C=O) groups is 1. The van der Waals surface area contributed by atoms with Crippen LogP contribution in [0.2, 0.25) is 5.02 Å². The molecule has 0 aromatic heterocycles. The van der Waals surface area contributed by atoms with Crippen molar-refractivity contribution >= 4 is 34.0 Å². The summed E-state index contributed by atoms with van der Waals surface area (Å²) in [6.45, 7) is 1.69. The molecule has 1 amide bonds. The quantitative estimate of drug-likeness (QED) is 0.741. The Labute approximate surface area is 139 Å². The largest absolute Gasteiger partial charge is 0.479 e. The molecule has 116 valence electrons. The van der Waals surface area contributed by atoms with Gasteiger partial charge in [0.1, 0.15) is 5.75 Å². The molecule has 0 aliphatic heterocycles. The standard InChI is InChI=1S/C19H16ClNO2/c1-13(23-18-9-5-4-8-17(18)20)19(22)21-16-11-10-14-6-2-3-7-15(14)12-16/h2-13H,1H3,(H,21,22)/t13-/m0/s1. The van der Waals surface area contributed by atoms with E-state index in [1.807, 2.05) is 54.6 Å². The molecule has 0 saturated carbocycles. The van der Waals surface area contributed by atoms with Crippen LogP contribution in [0.5, 0.6) is 5.75 Å². The van der Waals surface area contributed by atoms with Gasteiger partial charge in [-0.05, 0) is 42.0 Å². The Morgan fingerprint density at radius 3 is 2.48 bits per heavy atom. The molecule has 0 bridgehead atoms. The molecule has 0 heterocycles. The fraction of sp³-hybridized carbons (Fsp3) is 0.105. The second-order valence-corrected chi connectivity index (χ2v) is 5.65. The monoisotopic (exact) mass is 325 g/mol. The van der Waals surface area contributed by atoms with Crippen LogP contribution in [0.3, 0.4) is 0 Å². The zero-order chi connectivity index (χ0) is 16.2. The number of ether oxygens (including phenoxy) is 1. The molecular weight excluding hydrogens is 310 g/mol. The van der Waals surface area contributed by atoms with Crippen LogP contribution in [0.15, 0.2) is 66.7 Å². The Morgan fingerprint density at radius 2 is 1.70 bits per heavy atom. The van der Waals surface area contributed by atoms with Crippen LogP contribution in [0, 0.1) is 0 Å². The first-order valence-corrected chi connectivity index (χ1v) is 7.72. The number of hydrogen-bond donors (Lipinski definition) is 1. The van der Waals surface area contributed by atoms with Gasteiger partial charge in [0.25, 0.3) is 5.91 Å². The molecule has 1 N–H and O–H groups in total. The van der Waals surface area contributed by atoms with Gasteiger partial charge in [-0.1, -0.05) is 54.1 Å². The van der Waals surface area contributed by atoms with E-state index in [0.29, 0.717) is 10.8 Å². The van der Waals surface area contributed by atoms with Crippen molar-refractivity contribution in [2.24, 2.45) is 0 Å². The summed E-state index contributed by atoms with van der Waals surface area (Å²) >= 11 is 6.04. The number of rotatable bonds is 4. The molecule has 23 heavy (non-hydrogen) atoms. The Kier molecular flexibility index (Phi) is 4.49. The van der Waals surface area contributed by atoms with E-state index in [1.165, 1.54) is 0 Å². The summed E-state index contributed by atoms with van der Waals surface area (Å²) in [5.74, 6) is 0.274. The van der Waals surface area contributed by atoms with Crippen LogP contribution < -0.4 is 10.1 Å². The van der Waals surface area contributed by atoms with E-state index in [2.05, 4.69) is 5.32 Å². The molecule has 1 atom stereocenters. The summed E-state index contributed by atoms with van der Waals surface area (Å²) in [6, 6.07) is 20.9. The maximum absolute atomic E-state index is 12.3. The number of halogens is 1. The third-order valence-electron chi connectivity index (χ3n) is 3.53. The van der Waals surface area contributed by atoms with Crippen molar-refractivity contribution in [2.45, 2.75) is 13.0 Å². The van der Waals surface area contributed by atoms with Crippen molar-refractivity contribution < 1.29 is 9.53 Å². The zero-order valence-corrected chi connectivity index (χ0v) is 13.4. The smallest absolute Gasteiger partial charge is 0.265 e. The number of fused-ring (bicyclic) bond motifs is 1. The molecule has 0 saturated heterocycles. The average Bonchev–Trinajstić information content (AvgIpc) is 2.56. The summed E-state index contributed by atoms with van der Waals surface area (Å²) in [7, 11) is 0. The number of amides is 1. The highest BCUT2D eigenvalue weighted by Crippen LogP contribution is 2.25. The van der Waals surface area contributed by atoms with Gasteiger partial charge in [-0.2, -0.15) is 0 Å². The van der Waals surface area contributed by atoms with Crippen molar-refractivity contribution in [3.05, 3.63) is 71.8 Å². The number of nitrogens with one attached hydrogen (secondary N) is 1. The van der Waals surface area contributed by atoms with Crippen molar-refractivity contribution in [3.63, 3.8) is 0 Å². The third kappa shape index (κ3) is 3.63. The Hall–Kier alpha value is -2.52. The highest BCUT2D eigenvalue weighted by molar-refractivity contribution is 6.32. The molecular formula is C19H16ClNO2. The van der Waals surface area contributed by atoms with Crippen LogP contribution in [-0.4, -0.2) is 12.0 Å². The first kappa shape index (κ1) is 15.4. The lowest BCUT2D eigenvalue weighted by molar-refractivity contribution is -0.122. The molecule has 4 heteroatoms. The Bertz CT molecular complexity index is 847. The predicted molar refractivity (Wildman–Crippen MR) is 94.1 cm³/mol. The van der Waals surface area contributed by atoms with Crippen LogP contribution >= 0.6 is 11.6 Å². The Morgan fingerprint density at radius 1 is 1.00 bits per heavy atom. The fourth-order valence-corrected chi connectivity index (χ4v) is 2.48. The number of carbonyl (C=O) groups excluding carboxylic acids is 1. The Balaban J connectivity index is 1.71. The summed E-state index contributed by atoms with van der Waals surface area (Å²) < 4.78 is 5.62. The van der Waals surface area contributed by atoms with Gasteiger partial charge in [-0.3, -0.25) is 4.79 Å². The van der Waals surface area contributed by atoms with E-state index >= 15 is 0 Å². The molecule has 0 radical (unpaired) electrons. The topological polar surface area (TPSA) is 38.3 Å². The lowest BCUT2D eigenvalue weighted by Crippen LogP contribution is -2.30. The summed E-state index contributed by atoms with van der Waals surface area (Å²) in [6.07, 6.45) is -0.652. The molecule has 3 rings (SSSR count). The van der Waals surface area contributed by atoms with Gasteiger partial charge in [0.2, 0.25) is 0 Å². The number of para-hydroxylation sites is 1. The van der Waals surface area contributed by atoms with Gasteiger partial charge in [-0.25, -0.2) is 0 Å². The minimum atomic E-state index is -0.652. The van der Waals surface area contributed by atoms with Gasteiger partial charge in [-0.15, -0.1) is 0 Å². The van der Waals surface area contributed by atoms with Crippen molar-refractivity contribution in [1.29, 1.82) is 0 Å². The van der Waals surface area contributed by atoms with E-state index in [1.54, 1.807) is 19.1 Å². The van der Waals surface area contributed by atoms with E-state index in [9.17, 15) is 4.79 Å². The molecule has 3 nitrogen and oxygen atoms in total. The minimum absolute atomic E-state index is 0.222. The molecule has 3 aromatic rings. The number of anilines is 1. The molecule has 3 aromatic carbocycles. The molecule has 0 spiro atoms. The second-order valence-electron chi connectivity index (χ2n) is 5.24. The van der Waals surface area contributed by atoms with E-state index < -0.39 is 6.10 Å². The van der Waals surface area contributed by atoms with Gasteiger partial charge in [0, 0.05) is 5.69 Å².